The molecular formula is C14H17N3O3S. The number of carbonyl (C=O) groups excluding carboxylic acids is 1. The molecule has 6 nitrogen and oxygen atoms in total. The zero-order chi connectivity index (χ0) is 15.4. The molecule has 1 aromatic heterocycles. The molecule has 2 rings (SSSR count). The van der Waals surface area contributed by atoms with E-state index < -0.39 is 5.97 Å². The third kappa shape index (κ3) is 4.20. The van der Waals surface area contributed by atoms with Crippen molar-refractivity contribution in [1.29, 1.82) is 0 Å². The van der Waals surface area contributed by atoms with Crippen LogP contribution in [-0.4, -0.2) is 40.1 Å². The number of hydrogen-bond donors (Lipinski definition) is 2. The number of thiazole rings is 1. The normalized spacial score (nSPS) is 13.5. The Labute approximate surface area is 127 Å². The van der Waals surface area contributed by atoms with E-state index in [0.717, 1.165) is 24.2 Å². The van der Waals surface area contributed by atoms with Crippen LogP contribution >= 0.6 is 11.3 Å². The lowest BCUT2D eigenvalue weighted by Crippen LogP contribution is -2.41. The molecule has 0 bridgehead atoms. The monoisotopic (exact) mass is 307 g/mol. The second-order valence-electron chi connectivity index (χ2n) is 5.01. The summed E-state index contributed by atoms with van der Waals surface area (Å²) in [5, 5.41) is 12.3. The standard InChI is InChI=1S/C14H17N3O3S/c1-3-6-17(8-10-4-5-10)14(20)15-7-11-16-9(2)12(21-11)13(18)19/h1,10H,4-8H2,2H3,(H,15,20)(H,18,19). The van der Waals surface area contributed by atoms with Gasteiger partial charge in [-0.2, -0.15) is 0 Å². The molecule has 0 aliphatic heterocycles. The highest BCUT2D eigenvalue weighted by atomic mass is 32.1. The highest BCUT2D eigenvalue weighted by molar-refractivity contribution is 7.13. The smallest absolute Gasteiger partial charge is 0.347 e. The molecule has 1 saturated carbocycles. The Hall–Kier alpha value is -2.07. The van der Waals surface area contributed by atoms with Gasteiger partial charge in [-0.3, -0.25) is 0 Å². The van der Waals surface area contributed by atoms with E-state index in [0.29, 0.717) is 23.2 Å². The number of amides is 2. The fraction of sp³-hybridized carbons (Fsp3) is 0.500. The lowest BCUT2D eigenvalue weighted by molar-refractivity contribution is 0.0701. The number of nitrogens with one attached hydrogen (secondary N) is 1. The van der Waals surface area contributed by atoms with E-state index in [-0.39, 0.29) is 24.0 Å². The molecule has 0 unspecified atom stereocenters. The fourth-order valence-electron chi connectivity index (χ4n) is 1.93. The number of aromatic nitrogens is 1. The van der Waals surface area contributed by atoms with Crippen LogP contribution in [0.4, 0.5) is 4.79 Å². The summed E-state index contributed by atoms with van der Waals surface area (Å²) < 4.78 is 0. The number of aromatic carboxylic acids is 1. The SMILES string of the molecule is C#CCN(CC1CC1)C(=O)NCc1nc(C)c(C(=O)O)s1. The van der Waals surface area contributed by atoms with Crippen LogP contribution in [0.3, 0.4) is 0 Å². The second kappa shape index (κ2) is 6.59. The Bertz CT molecular complexity index is 587. The number of carboxylic acids is 1. The molecule has 0 atom stereocenters. The average Bonchev–Trinajstić information content (AvgIpc) is 3.16. The topological polar surface area (TPSA) is 82.5 Å². The highest BCUT2D eigenvalue weighted by Crippen LogP contribution is 2.29. The largest absolute Gasteiger partial charge is 0.477 e. The van der Waals surface area contributed by atoms with Crippen LogP contribution in [0.5, 0.6) is 0 Å². The Morgan fingerprint density at radius 3 is 2.81 bits per heavy atom. The van der Waals surface area contributed by atoms with E-state index in [2.05, 4.69) is 16.2 Å². The van der Waals surface area contributed by atoms with Gasteiger partial charge in [-0.15, -0.1) is 17.8 Å². The number of rotatable bonds is 6. The van der Waals surface area contributed by atoms with Crippen LogP contribution in [0.15, 0.2) is 0 Å². The molecule has 2 N–H and O–H groups in total. The zero-order valence-electron chi connectivity index (χ0n) is 11.8. The second-order valence-corrected chi connectivity index (χ2v) is 6.10. The highest BCUT2D eigenvalue weighted by Gasteiger charge is 2.26. The fourth-order valence-corrected chi connectivity index (χ4v) is 2.77. The maximum Gasteiger partial charge on any atom is 0.347 e. The molecule has 2 amide bonds. The number of terminal acetylenes is 1. The Morgan fingerprint density at radius 2 is 2.29 bits per heavy atom. The Morgan fingerprint density at radius 1 is 1.57 bits per heavy atom. The summed E-state index contributed by atoms with van der Waals surface area (Å²) >= 11 is 1.08. The maximum absolute atomic E-state index is 12.1. The van der Waals surface area contributed by atoms with Crippen molar-refractivity contribution in [2.24, 2.45) is 5.92 Å². The van der Waals surface area contributed by atoms with Crippen LogP contribution in [0.2, 0.25) is 0 Å². The first-order valence-electron chi connectivity index (χ1n) is 6.67. The third-order valence-electron chi connectivity index (χ3n) is 3.17. The van der Waals surface area contributed by atoms with Crippen molar-refractivity contribution >= 4 is 23.3 Å². The van der Waals surface area contributed by atoms with Gasteiger partial charge in [-0.25, -0.2) is 14.6 Å². The van der Waals surface area contributed by atoms with Crippen molar-refractivity contribution in [3.63, 3.8) is 0 Å². The van der Waals surface area contributed by atoms with Crippen LogP contribution in [0, 0.1) is 25.2 Å². The molecule has 112 valence electrons. The number of hydrogen-bond acceptors (Lipinski definition) is 4. The van der Waals surface area contributed by atoms with E-state index in [1.54, 1.807) is 11.8 Å². The molecule has 0 saturated heterocycles. The summed E-state index contributed by atoms with van der Waals surface area (Å²) in [4.78, 5) is 29.0. The first kappa shape index (κ1) is 15.3. The van der Waals surface area contributed by atoms with Crippen LogP contribution < -0.4 is 5.32 Å². The van der Waals surface area contributed by atoms with Gasteiger partial charge in [0, 0.05) is 6.54 Å². The molecule has 21 heavy (non-hydrogen) atoms. The zero-order valence-corrected chi connectivity index (χ0v) is 12.6. The number of carboxylic acid groups (broad SMARTS) is 1. The molecule has 1 aliphatic carbocycles. The van der Waals surface area contributed by atoms with Gasteiger partial charge in [0.1, 0.15) is 9.88 Å². The molecule has 7 heteroatoms. The first-order chi connectivity index (χ1) is 10.0. The number of carbonyl (C=O) groups is 2. The minimum Gasteiger partial charge on any atom is -0.477 e. The van der Waals surface area contributed by atoms with Crippen molar-refractivity contribution in [2.45, 2.75) is 26.3 Å². The summed E-state index contributed by atoms with van der Waals surface area (Å²) in [7, 11) is 0. The molecule has 0 aromatic carbocycles. The summed E-state index contributed by atoms with van der Waals surface area (Å²) in [6.07, 6.45) is 7.56. The van der Waals surface area contributed by atoms with Gasteiger partial charge in [-0.05, 0) is 25.7 Å². The molecule has 1 heterocycles. The van der Waals surface area contributed by atoms with Gasteiger partial charge < -0.3 is 15.3 Å². The minimum atomic E-state index is -0.995. The number of urea groups is 1. The average molecular weight is 307 g/mol. The van der Waals surface area contributed by atoms with Crippen LogP contribution in [-0.2, 0) is 6.54 Å². The van der Waals surface area contributed by atoms with Crippen molar-refractivity contribution in [1.82, 2.24) is 15.2 Å². The van der Waals surface area contributed by atoms with E-state index >= 15 is 0 Å². The van der Waals surface area contributed by atoms with E-state index in [1.807, 2.05) is 0 Å². The summed E-state index contributed by atoms with van der Waals surface area (Å²) in [5.41, 5.74) is 0.468. The Kier molecular flexibility index (Phi) is 4.81. The lowest BCUT2D eigenvalue weighted by Gasteiger charge is -2.20. The number of nitrogens with zero attached hydrogens (tertiary/aromatic N) is 2. The molecule has 1 fully saturated rings. The van der Waals surface area contributed by atoms with Gasteiger partial charge in [0.05, 0.1) is 18.8 Å². The van der Waals surface area contributed by atoms with Gasteiger partial charge >= 0.3 is 12.0 Å². The molecule has 0 radical (unpaired) electrons. The van der Waals surface area contributed by atoms with Gasteiger partial charge in [0.2, 0.25) is 0 Å². The van der Waals surface area contributed by atoms with Crippen molar-refractivity contribution in [2.75, 3.05) is 13.1 Å². The van der Waals surface area contributed by atoms with Gasteiger partial charge in [0.25, 0.3) is 0 Å². The summed E-state index contributed by atoms with van der Waals surface area (Å²) in [6, 6.07) is -0.232. The van der Waals surface area contributed by atoms with Crippen LogP contribution in [0.25, 0.3) is 0 Å². The molecule has 1 aromatic rings. The third-order valence-corrected chi connectivity index (χ3v) is 4.32. The molecule has 1 aliphatic rings. The van der Waals surface area contributed by atoms with Gasteiger partial charge in [-0.1, -0.05) is 5.92 Å². The molecule has 0 spiro atoms. The quantitative estimate of drug-likeness (QED) is 0.784. The van der Waals surface area contributed by atoms with Crippen molar-refractivity contribution in [3.8, 4) is 12.3 Å². The van der Waals surface area contributed by atoms with E-state index in [1.165, 1.54) is 0 Å². The van der Waals surface area contributed by atoms with Crippen molar-refractivity contribution in [3.05, 3.63) is 15.6 Å². The van der Waals surface area contributed by atoms with E-state index in [9.17, 15) is 9.59 Å². The molecular weight excluding hydrogens is 290 g/mol. The number of aryl methyl sites for hydroxylation is 1. The Balaban J connectivity index is 1.91. The first-order valence-corrected chi connectivity index (χ1v) is 7.48. The van der Waals surface area contributed by atoms with Crippen molar-refractivity contribution < 1.29 is 14.7 Å². The predicted octanol–water partition coefficient (Wildman–Crippen LogP) is 1.70. The summed E-state index contributed by atoms with van der Waals surface area (Å²) in [6.45, 7) is 2.80. The van der Waals surface area contributed by atoms with Gasteiger partial charge in [0.15, 0.2) is 0 Å². The van der Waals surface area contributed by atoms with Crippen LogP contribution in [0.1, 0.15) is 33.2 Å². The van der Waals surface area contributed by atoms with E-state index in [4.69, 9.17) is 11.5 Å². The predicted molar refractivity (Wildman–Crippen MR) is 79.2 cm³/mol. The minimum absolute atomic E-state index is 0.206. The maximum atomic E-state index is 12.1. The summed E-state index contributed by atoms with van der Waals surface area (Å²) in [5.74, 6) is 2.05. The lowest BCUT2D eigenvalue weighted by atomic mass is 10.4.